The van der Waals surface area contributed by atoms with Crippen LogP contribution in [0.4, 0.5) is 0 Å². The normalized spacial score (nSPS) is 15.0. The molecule has 0 spiro atoms. The summed E-state index contributed by atoms with van der Waals surface area (Å²) in [6, 6.07) is 28.0. The third-order valence-corrected chi connectivity index (χ3v) is 8.24. The Bertz CT molecular complexity index is 3140. The largest absolute Gasteiger partial charge is 0.464 e. The van der Waals surface area contributed by atoms with Gasteiger partial charge in [-0.3, -0.25) is 0 Å². The summed E-state index contributed by atoms with van der Waals surface area (Å²) in [5.74, 6) is 0. The number of fused-ring (bicyclic) bond motifs is 4. The van der Waals surface area contributed by atoms with Crippen LogP contribution in [0.1, 0.15) is 15.1 Å². The quantitative estimate of drug-likeness (QED) is 0.188. The average molecular weight is 584 g/mol. The maximum atomic E-state index is 9.86. The zero-order valence-corrected chi connectivity index (χ0v) is 23.7. The lowest BCUT2D eigenvalue weighted by atomic mass is 9.84. The Morgan fingerprint density at radius 1 is 0.422 bits per heavy atom. The van der Waals surface area contributed by atoms with Crippen LogP contribution < -0.4 is 0 Å². The lowest BCUT2D eigenvalue weighted by Gasteiger charge is -2.19. The van der Waals surface area contributed by atoms with Crippen molar-refractivity contribution in [2.75, 3.05) is 0 Å². The topological polar surface area (TPSA) is 13.1 Å². The Balaban J connectivity index is 1.51. The summed E-state index contributed by atoms with van der Waals surface area (Å²) < 4.78 is 105. The Morgan fingerprint density at radius 3 is 1.84 bits per heavy atom. The van der Waals surface area contributed by atoms with Gasteiger partial charge in [-0.05, 0) is 101 Å². The van der Waals surface area contributed by atoms with E-state index in [2.05, 4.69) is 0 Å². The van der Waals surface area contributed by atoms with Gasteiger partial charge in [-0.1, -0.05) is 139 Å². The van der Waals surface area contributed by atoms with Gasteiger partial charge in [-0.15, -0.1) is 0 Å². The van der Waals surface area contributed by atoms with Gasteiger partial charge in [0.2, 0.25) is 0 Å². The minimum atomic E-state index is -0.512. The SMILES string of the molecule is [2H]c1oc2c([2H])c(-c3c4ccccc4c(-c4c([2H])c([2H])c5c([2H])c([2H])c([2H])c(-c6ccccc6)c5c4[2H])c4ccc(-c5ccccc5)cc34)c([2H])c([2H])c2c1[2H]. The minimum Gasteiger partial charge on any atom is -0.464 e. The highest BCUT2D eigenvalue weighted by atomic mass is 16.3. The monoisotopic (exact) mass is 583 g/mol. The molecule has 1 heteroatoms. The molecule has 0 atom stereocenters. The molecule has 0 radical (unpaired) electrons. The second kappa shape index (κ2) is 10.4. The Labute approximate surface area is 277 Å². The van der Waals surface area contributed by atoms with Gasteiger partial charge in [0.15, 0.2) is 0 Å². The van der Waals surface area contributed by atoms with Gasteiger partial charge in [-0.2, -0.15) is 0 Å². The average Bonchev–Trinajstić information content (AvgIpc) is 3.52. The van der Waals surface area contributed by atoms with Gasteiger partial charge in [0.1, 0.15) is 6.95 Å². The summed E-state index contributed by atoms with van der Waals surface area (Å²) in [6.45, 7) is 0. The van der Waals surface area contributed by atoms with E-state index in [-0.39, 0.29) is 86.8 Å². The van der Waals surface area contributed by atoms with Crippen LogP contribution in [0.5, 0.6) is 0 Å². The zero-order valence-electron chi connectivity index (χ0n) is 34.7. The van der Waals surface area contributed by atoms with Crippen molar-refractivity contribution in [2.24, 2.45) is 0 Å². The highest BCUT2D eigenvalue weighted by Gasteiger charge is 2.19. The summed E-state index contributed by atoms with van der Waals surface area (Å²) >= 11 is 0. The maximum absolute atomic E-state index is 9.86. The van der Waals surface area contributed by atoms with Crippen molar-refractivity contribution in [2.45, 2.75) is 0 Å². The molecule has 9 aromatic rings. The number of rotatable bonds is 4. The van der Waals surface area contributed by atoms with Crippen molar-refractivity contribution in [1.29, 1.82) is 0 Å². The summed E-state index contributed by atoms with van der Waals surface area (Å²) in [7, 11) is 0. The molecule has 0 fully saturated rings. The Morgan fingerprint density at radius 2 is 1.07 bits per heavy atom. The van der Waals surface area contributed by atoms with Gasteiger partial charge in [0, 0.05) is 5.39 Å². The zero-order chi connectivity index (χ0) is 39.3. The molecule has 45 heavy (non-hydrogen) atoms. The number of furan rings is 1. The second-order valence-electron chi connectivity index (χ2n) is 10.8. The first-order chi connectivity index (χ1) is 26.9. The molecule has 1 heterocycles. The van der Waals surface area contributed by atoms with E-state index in [0.29, 0.717) is 38.2 Å². The van der Waals surface area contributed by atoms with E-state index in [0.717, 1.165) is 11.1 Å². The third kappa shape index (κ3) is 4.24. The van der Waals surface area contributed by atoms with Crippen molar-refractivity contribution in [3.05, 3.63) is 170 Å². The van der Waals surface area contributed by atoms with Crippen LogP contribution in [0.15, 0.2) is 174 Å². The van der Waals surface area contributed by atoms with Crippen LogP contribution in [0.2, 0.25) is 0 Å². The molecular weight excluding hydrogens is 544 g/mol. The number of benzene rings is 8. The second-order valence-corrected chi connectivity index (χ2v) is 10.8. The van der Waals surface area contributed by atoms with E-state index >= 15 is 0 Å². The van der Waals surface area contributed by atoms with Crippen LogP contribution in [0.3, 0.4) is 0 Å². The van der Waals surface area contributed by atoms with E-state index in [9.17, 15) is 6.85 Å². The van der Waals surface area contributed by atoms with Crippen LogP contribution in [-0.2, 0) is 0 Å². The molecule has 0 unspecified atom stereocenters. The fraction of sp³-hybridized carbons (Fsp3) is 0. The van der Waals surface area contributed by atoms with E-state index in [1.54, 1.807) is 54.6 Å². The van der Waals surface area contributed by atoms with E-state index in [1.165, 1.54) is 0 Å². The van der Waals surface area contributed by atoms with Gasteiger partial charge < -0.3 is 4.42 Å². The Kier molecular flexibility index (Phi) is 3.87. The van der Waals surface area contributed by atoms with Crippen LogP contribution in [-0.4, -0.2) is 0 Å². The lowest BCUT2D eigenvalue weighted by molar-refractivity contribution is 0.616. The van der Waals surface area contributed by atoms with Crippen molar-refractivity contribution in [1.82, 2.24) is 0 Å². The highest BCUT2D eigenvalue weighted by Crippen LogP contribution is 2.46. The van der Waals surface area contributed by atoms with Crippen molar-refractivity contribution >= 4 is 43.3 Å². The summed E-state index contributed by atoms with van der Waals surface area (Å²) in [4.78, 5) is 0. The molecule has 0 aliphatic carbocycles. The fourth-order valence-electron chi connectivity index (χ4n) is 6.19. The van der Waals surface area contributed by atoms with E-state index in [4.69, 9.17) is 12.6 Å². The highest BCUT2D eigenvalue weighted by molar-refractivity contribution is 6.22. The lowest BCUT2D eigenvalue weighted by Crippen LogP contribution is -1.92. The molecule has 210 valence electrons. The van der Waals surface area contributed by atoms with Crippen LogP contribution in [0, 0.1) is 0 Å². The number of hydrogen-bond acceptors (Lipinski definition) is 1. The van der Waals surface area contributed by atoms with Crippen molar-refractivity contribution in [3.63, 3.8) is 0 Å². The molecular formula is C44H28O. The molecule has 0 bridgehead atoms. The standard InChI is InChI=1S/C44H28O/c1-3-10-29(11-4-1)33-22-23-39-41(26-33)44(35-21-19-32-24-25-45-42(32)28-35)38-16-8-7-15-37(38)43(39)34-20-18-31-14-9-17-36(40(31)27-34)30-12-5-2-6-13-30/h1-28H/i9D,14D,17D,18D,19D,20D,21D,24D,25D,27D,28D. The van der Waals surface area contributed by atoms with E-state index in [1.807, 2.05) is 48.5 Å². The predicted molar refractivity (Wildman–Crippen MR) is 190 cm³/mol. The van der Waals surface area contributed by atoms with E-state index < -0.39 is 18.3 Å². The third-order valence-electron chi connectivity index (χ3n) is 8.24. The van der Waals surface area contributed by atoms with Gasteiger partial charge in [0.25, 0.3) is 0 Å². The Hall–Kier alpha value is -5.92. The summed E-state index contributed by atoms with van der Waals surface area (Å²) in [5, 5.41) is 2.03. The van der Waals surface area contributed by atoms with Crippen LogP contribution >= 0.6 is 0 Å². The first-order valence-electron chi connectivity index (χ1n) is 20.0. The smallest absolute Gasteiger partial charge is 0.134 e. The fourth-order valence-corrected chi connectivity index (χ4v) is 6.19. The number of hydrogen-bond donors (Lipinski definition) is 0. The van der Waals surface area contributed by atoms with Crippen LogP contribution in [0.25, 0.3) is 87.8 Å². The first-order valence-corrected chi connectivity index (χ1v) is 14.5. The summed E-state index contributed by atoms with van der Waals surface area (Å²) in [5.41, 5.74) is 3.22. The molecule has 0 saturated carbocycles. The molecule has 0 N–H and O–H groups in total. The minimum absolute atomic E-state index is 0.0538. The molecule has 1 nitrogen and oxygen atoms in total. The molecule has 1 aromatic heterocycles. The van der Waals surface area contributed by atoms with Gasteiger partial charge >= 0.3 is 0 Å². The first kappa shape index (κ1) is 16.8. The molecule has 9 rings (SSSR count). The predicted octanol–water partition coefficient (Wildman–Crippen LogP) is 12.6. The maximum Gasteiger partial charge on any atom is 0.134 e. The molecule has 8 aromatic carbocycles. The van der Waals surface area contributed by atoms with Gasteiger partial charge in [-0.25, -0.2) is 0 Å². The van der Waals surface area contributed by atoms with Crippen molar-refractivity contribution < 1.29 is 19.5 Å². The summed E-state index contributed by atoms with van der Waals surface area (Å²) in [6.07, 6.45) is -0.512. The molecule has 0 saturated heterocycles. The van der Waals surface area contributed by atoms with Gasteiger partial charge in [0.05, 0.1) is 19.9 Å². The molecule has 0 aliphatic rings. The van der Waals surface area contributed by atoms with Crippen molar-refractivity contribution in [3.8, 4) is 44.5 Å². The molecule has 0 amide bonds. The molecule has 0 aliphatic heterocycles.